The van der Waals surface area contributed by atoms with Crippen LogP contribution in [0.1, 0.15) is 48.1 Å². The Bertz CT molecular complexity index is 1120. The molecule has 0 spiro atoms. The van der Waals surface area contributed by atoms with Gasteiger partial charge in [-0.2, -0.15) is 18.2 Å². The van der Waals surface area contributed by atoms with E-state index in [1.165, 1.54) is 23.4 Å². The zero-order valence-electron chi connectivity index (χ0n) is 16.6. The molecule has 0 aliphatic carbocycles. The predicted molar refractivity (Wildman–Crippen MR) is 102 cm³/mol. The third kappa shape index (κ3) is 4.48. The number of carbonyl (C=O) groups is 2. The maximum absolute atomic E-state index is 12.8. The lowest BCUT2D eigenvalue weighted by Crippen LogP contribution is -2.39. The fraction of sp³-hybridized carbons (Fsp3) is 0.350. The Kier molecular flexibility index (Phi) is 5.68. The van der Waals surface area contributed by atoms with E-state index in [-0.39, 0.29) is 43.4 Å². The van der Waals surface area contributed by atoms with Crippen molar-refractivity contribution in [2.75, 3.05) is 0 Å². The molecule has 2 N–H and O–H groups in total. The number of carboxylic acids is 1. The largest absolute Gasteiger partial charge is 0.481 e. The summed E-state index contributed by atoms with van der Waals surface area (Å²) < 4.78 is 43.7. The van der Waals surface area contributed by atoms with Gasteiger partial charge in [-0.15, -0.1) is 0 Å². The molecule has 0 saturated heterocycles. The third-order valence-corrected chi connectivity index (χ3v) is 5.20. The number of benzene rings is 1. The van der Waals surface area contributed by atoms with Gasteiger partial charge in [-0.1, -0.05) is 17.3 Å². The molecule has 3 heterocycles. The molecule has 0 unspecified atom stereocenters. The molecule has 1 aliphatic rings. The number of alkyl halides is 3. The van der Waals surface area contributed by atoms with Crippen LogP contribution in [-0.2, 0) is 28.7 Å². The molecule has 0 radical (unpaired) electrons. The van der Waals surface area contributed by atoms with Gasteiger partial charge in [-0.3, -0.25) is 9.59 Å². The number of nitrogens with zero attached hydrogens (tertiary/aromatic N) is 4. The van der Waals surface area contributed by atoms with E-state index in [4.69, 9.17) is 9.63 Å². The molecular weight excluding hydrogens is 431 g/mol. The molecule has 3 aromatic rings. The van der Waals surface area contributed by atoms with Crippen molar-refractivity contribution >= 4 is 11.9 Å². The molecule has 0 bridgehead atoms. The Morgan fingerprint density at radius 3 is 2.66 bits per heavy atom. The van der Waals surface area contributed by atoms with E-state index in [1.807, 2.05) is 0 Å². The van der Waals surface area contributed by atoms with Crippen molar-refractivity contribution < 1.29 is 32.4 Å². The fourth-order valence-electron chi connectivity index (χ4n) is 3.55. The summed E-state index contributed by atoms with van der Waals surface area (Å²) in [4.78, 5) is 36.6. The minimum absolute atomic E-state index is 0.0339. The lowest BCUT2D eigenvalue weighted by molar-refractivity contribution is -0.139. The molecular formula is C20H18F3N5O4. The minimum Gasteiger partial charge on any atom is -0.481 e. The molecule has 1 amide bonds. The molecule has 168 valence electrons. The van der Waals surface area contributed by atoms with Crippen molar-refractivity contribution in [1.29, 1.82) is 0 Å². The first-order valence-electron chi connectivity index (χ1n) is 9.76. The average molecular weight is 449 g/mol. The van der Waals surface area contributed by atoms with Gasteiger partial charge in [0.15, 0.2) is 0 Å². The molecule has 4 rings (SSSR count). The first-order chi connectivity index (χ1) is 15.2. The van der Waals surface area contributed by atoms with Crippen molar-refractivity contribution in [1.82, 2.24) is 25.0 Å². The monoisotopic (exact) mass is 449 g/mol. The van der Waals surface area contributed by atoms with E-state index in [1.54, 1.807) is 0 Å². The number of carboxylic acid groups (broad SMARTS) is 1. The number of hydrogen-bond acceptors (Lipinski definition) is 6. The minimum atomic E-state index is -4.45. The van der Waals surface area contributed by atoms with Crippen LogP contribution in [0.4, 0.5) is 13.2 Å². The van der Waals surface area contributed by atoms with Crippen LogP contribution in [0.5, 0.6) is 0 Å². The van der Waals surface area contributed by atoms with Crippen LogP contribution in [0.3, 0.4) is 0 Å². The van der Waals surface area contributed by atoms with Gasteiger partial charge in [0, 0.05) is 24.8 Å². The highest BCUT2D eigenvalue weighted by atomic mass is 19.4. The number of carbonyl (C=O) groups excluding carboxylic acids is 1. The Balaban J connectivity index is 1.57. The molecule has 32 heavy (non-hydrogen) atoms. The maximum Gasteiger partial charge on any atom is 0.416 e. The van der Waals surface area contributed by atoms with Crippen molar-refractivity contribution in [2.45, 2.75) is 44.4 Å². The smallest absolute Gasteiger partial charge is 0.416 e. The van der Waals surface area contributed by atoms with Crippen molar-refractivity contribution in [3.63, 3.8) is 0 Å². The molecule has 0 saturated carbocycles. The van der Waals surface area contributed by atoms with Gasteiger partial charge in [-0.05, 0) is 18.6 Å². The lowest BCUT2D eigenvalue weighted by Gasteiger charge is -2.32. The van der Waals surface area contributed by atoms with Crippen molar-refractivity contribution in [2.24, 2.45) is 0 Å². The maximum atomic E-state index is 12.8. The predicted octanol–water partition coefficient (Wildman–Crippen LogP) is 3.36. The molecule has 9 nitrogen and oxygen atoms in total. The summed E-state index contributed by atoms with van der Waals surface area (Å²) in [7, 11) is 0. The number of rotatable bonds is 6. The van der Waals surface area contributed by atoms with Gasteiger partial charge in [0.25, 0.3) is 0 Å². The van der Waals surface area contributed by atoms with Gasteiger partial charge < -0.3 is 19.5 Å². The summed E-state index contributed by atoms with van der Waals surface area (Å²) in [6.07, 6.45) is -2.54. The van der Waals surface area contributed by atoms with Gasteiger partial charge in [0.2, 0.25) is 17.6 Å². The number of aromatic nitrogens is 4. The highest BCUT2D eigenvalue weighted by Gasteiger charge is 2.36. The molecule has 12 heteroatoms. The number of fused-ring (bicyclic) bond motifs is 1. The highest BCUT2D eigenvalue weighted by Crippen LogP contribution is 2.34. The zero-order valence-corrected chi connectivity index (χ0v) is 16.6. The normalized spacial score (nSPS) is 16.1. The third-order valence-electron chi connectivity index (χ3n) is 5.20. The van der Waals surface area contributed by atoms with Crippen LogP contribution in [0, 0.1) is 0 Å². The standard InChI is InChI=1S/C20H18F3N5O4/c21-20(22,23)12-6-4-11(5-7-12)18-26-19(32-27-18)15-8-13-14(25-10-24-13)9-28(15)16(29)2-1-3-17(30)31/h4-7,10,15H,1-3,8-9H2,(H,24,25)(H,30,31)/t15-/m0/s1. The number of halogens is 3. The first-order valence-corrected chi connectivity index (χ1v) is 9.76. The van der Waals surface area contributed by atoms with E-state index in [0.717, 1.165) is 23.5 Å². The molecule has 2 aromatic heterocycles. The number of amides is 1. The van der Waals surface area contributed by atoms with E-state index < -0.39 is 23.8 Å². The number of hydrogen-bond donors (Lipinski definition) is 2. The van der Waals surface area contributed by atoms with Gasteiger partial charge in [0.1, 0.15) is 6.04 Å². The van der Waals surface area contributed by atoms with Crippen LogP contribution in [0.2, 0.25) is 0 Å². The van der Waals surface area contributed by atoms with E-state index in [9.17, 15) is 22.8 Å². The molecule has 1 aromatic carbocycles. The summed E-state index contributed by atoms with van der Waals surface area (Å²) >= 11 is 0. The van der Waals surface area contributed by atoms with Gasteiger partial charge in [-0.25, -0.2) is 4.98 Å². The summed E-state index contributed by atoms with van der Waals surface area (Å²) in [6, 6.07) is 3.73. The molecule has 0 fully saturated rings. The number of H-pyrrole nitrogens is 1. The fourth-order valence-corrected chi connectivity index (χ4v) is 3.55. The highest BCUT2D eigenvalue weighted by molar-refractivity contribution is 5.77. The topological polar surface area (TPSA) is 125 Å². The Morgan fingerprint density at radius 2 is 1.97 bits per heavy atom. The quantitative estimate of drug-likeness (QED) is 0.591. The second kappa shape index (κ2) is 8.44. The molecule has 1 atom stereocenters. The number of nitrogens with one attached hydrogen (secondary N) is 1. The first kappa shape index (κ1) is 21.5. The van der Waals surface area contributed by atoms with Crippen LogP contribution < -0.4 is 0 Å². The summed E-state index contributed by atoms with van der Waals surface area (Å²) in [5.74, 6) is -1.03. The lowest BCUT2D eigenvalue weighted by atomic mass is 10.0. The summed E-state index contributed by atoms with van der Waals surface area (Å²) in [5.41, 5.74) is 1.04. The summed E-state index contributed by atoms with van der Waals surface area (Å²) in [5, 5.41) is 12.7. The Hall–Kier alpha value is -3.70. The van der Waals surface area contributed by atoms with Gasteiger partial charge in [0.05, 0.1) is 29.8 Å². The van der Waals surface area contributed by atoms with E-state index in [0.29, 0.717) is 12.0 Å². The van der Waals surface area contributed by atoms with Crippen LogP contribution in [0.15, 0.2) is 35.1 Å². The van der Waals surface area contributed by atoms with Crippen LogP contribution >= 0.6 is 0 Å². The number of aromatic amines is 1. The molecule has 1 aliphatic heterocycles. The van der Waals surface area contributed by atoms with Crippen molar-refractivity contribution in [3.05, 3.63) is 53.4 Å². The number of imidazole rings is 1. The van der Waals surface area contributed by atoms with Gasteiger partial charge >= 0.3 is 12.1 Å². The average Bonchev–Trinajstić information content (AvgIpc) is 3.41. The van der Waals surface area contributed by atoms with Crippen molar-refractivity contribution in [3.8, 4) is 11.4 Å². The van der Waals surface area contributed by atoms with Crippen LogP contribution in [0.25, 0.3) is 11.4 Å². The van der Waals surface area contributed by atoms with E-state index >= 15 is 0 Å². The SMILES string of the molecule is O=C(O)CCCC(=O)N1Cc2[nH]cnc2C[C@H]1c1nc(-c2ccc(C(F)(F)F)cc2)no1. The second-order valence-corrected chi connectivity index (χ2v) is 7.35. The Labute approximate surface area is 179 Å². The number of aliphatic carboxylic acids is 1. The Morgan fingerprint density at radius 1 is 1.22 bits per heavy atom. The van der Waals surface area contributed by atoms with Crippen LogP contribution in [-0.4, -0.2) is 42.0 Å². The summed E-state index contributed by atoms with van der Waals surface area (Å²) in [6.45, 7) is 0.212. The second-order valence-electron chi connectivity index (χ2n) is 7.35. The van der Waals surface area contributed by atoms with E-state index in [2.05, 4.69) is 20.1 Å². The zero-order chi connectivity index (χ0) is 22.9.